The Labute approximate surface area is 77.4 Å². The Bertz CT molecular complexity index is 207. The number of nitrogens with two attached hydrogens (primary N) is 1. The number of carbonyl (C=O) groups excluding carboxylic acids is 2. The molecule has 0 spiro atoms. The van der Waals surface area contributed by atoms with Crippen molar-refractivity contribution in [3.63, 3.8) is 0 Å². The largest absolute Gasteiger partial charge is 0.463 e. The van der Waals surface area contributed by atoms with Gasteiger partial charge in [-0.3, -0.25) is 9.59 Å². The summed E-state index contributed by atoms with van der Waals surface area (Å²) in [5.41, 5.74) is 5.17. The van der Waals surface area contributed by atoms with Crippen LogP contribution in [-0.2, 0) is 14.3 Å². The van der Waals surface area contributed by atoms with Gasteiger partial charge in [0.15, 0.2) is 0 Å². The molecule has 0 bridgehead atoms. The Balaban J connectivity index is 2.30. The van der Waals surface area contributed by atoms with Crippen LogP contribution in [0.1, 0.15) is 32.6 Å². The minimum atomic E-state index is -0.248. The number of primary amides is 1. The second-order valence-electron chi connectivity index (χ2n) is 3.49. The van der Waals surface area contributed by atoms with Crippen molar-refractivity contribution in [2.75, 3.05) is 0 Å². The van der Waals surface area contributed by atoms with Crippen LogP contribution in [0.15, 0.2) is 0 Å². The predicted octanol–water partition coefficient (Wildman–Crippen LogP) is 0.594. The third kappa shape index (κ3) is 3.05. The molecule has 74 valence electrons. The molecule has 13 heavy (non-hydrogen) atoms. The van der Waals surface area contributed by atoms with Crippen LogP contribution in [0.2, 0.25) is 0 Å². The van der Waals surface area contributed by atoms with Crippen LogP contribution in [0.4, 0.5) is 0 Å². The fraction of sp³-hybridized carbons (Fsp3) is 0.778. The zero-order valence-electron chi connectivity index (χ0n) is 7.79. The topological polar surface area (TPSA) is 69.4 Å². The van der Waals surface area contributed by atoms with Crippen molar-refractivity contribution in [2.24, 2.45) is 11.7 Å². The number of hydrogen-bond donors (Lipinski definition) is 1. The zero-order chi connectivity index (χ0) is 9.84. The lowest BCUT2D eigenvalue weighted by Gasteiger charge is -2.25. The van der Waals surface area contributed by atoms with E-state index in [0.29, 0.717) is 0 Å². The monoisotopic (exact) mass is 185 g/mol. The summed E-state index contributed by atoms with van der Waals surface area (Å²) >= 11 is 0. The Hall–Kier alpha value is -1.06. The molecule has 1 rings (SSSR count). The second kappa shape index (κ2) is 4.25. The van der Waals surface area contributed by atoms with Crippen molar-refractivity contribution in [3.05, 3.63) is 0 Å². The summed E-state index contributed by atoms with van der Waals surface area (Å²) in [7, 11) is 0. The Morgan fingerprint density at radius 2 is 1.77 bits per heavy atom. The van der Waals surface area contributed by atoms with E-state index in [1.54, 1.807) is 0 Å². The van der Waals surface area contributed by atoms with Crippen LogP contribution >= 0.6 is 0 Å². The van der Waals surface area contributed by atoms with Gasteiger partial charge < -0.3 is 10.5 Å². The van der Waals surface area contributed by atoms with E-state index < -0.39 is 0 Å². The number of esters is 1. The molecule has 1 aliphatic carbocycles. The summed E-state index contributed by atoms with van der Waals surface area (Å²) in [6, 6.07) is 0. The van der Waals surface area contributed by atoms with E-state index in [1.807, 2.05) is 0 Å². The van der Waals surface area contributed by atoms with E-state index >= 15 is 0 Å². The third-order valence-corrected chi connectivity index (χ3v) is 2.41. The van der Waals surface area contributed by atoms with Crippen LogP contribution in [-0.4, -0.2) is 18.0 Å². The van der Waals surface area contributed by atoms with E-state index in [9.17, 15) is 9.59 Å². The van der Waals surface area contributed by atoms with Crippen molar-refractivity contribution >= 4 is 11.9 Å². The van der Waals surface area contributed by atoms with Gasteiger partial charge in [-0.1, -0.05) is 0 Å². The van der Waals surface area contributed by atoms with Crippen LogP contribution < -0.4 is 5.73 Å². The molecule has 2 N–H and O–H groups in total. The highest BCUT2D eigenvalue weighted by Gasteiger charge is 2.25. The molecule has 0 heterocycles. The van der Waals surface area contributed by atoms with Crippen molar-refractivity contribution in [1.29, 1.82) is 0 Å². The van der Waals surface area contributed by atoms with Gasteiger partial charge in [0.1, 0.15) is 6.10 Å². The van der Waals surface area contributed by atoms with E-state index in [-0.39, 0.29) is 23.9 Å². The molecule has 0 unspecified atom stereocenters. The maximum absolute atomic E-state index is 10.8. The molecular weight excluding hydrogens is 170 g/mol. The Morgan fingerprint density at radius 1 is 1.23 bits per heavy atom. The number of ether oxygens (including phenoxy) is 1. The first kappa shape index (κ1) is 10.0. The highest BCUT2D eigenvalue weighted by Crippen LogP contribution is 2.25. The zero-order valence-corrected chi connectivity index (χ0v) is 7.79. The SMILES string of the molecule is CC(=O)OC1CCC(C(N)=O)CC1. The van der Waals surface area contributed by atoms with Gasteiger partial charge in [0.05, 0.1) is 0 Å². The molecular formula is C9H15NO3. The Morgan fingerprint density at radius 3 is 2.15 bits per heavy atom. The molecule has 1 amide bonds. The molecule has 0 atom stereocenters. The fourth-order valence-corrected chi connectivity index (χ4v) is 1.70. The van der Waals surface area contributed by atoms with Crippen LogP contribution in [0.5, 0.6) is 0 Å². The normalized spacial score (nSPS) is 28.1. The number of hydrogen-bond acceptors (Lipinski definition) is 3. The first-order chi connectivity index (χ1) is 6.09. The Kier molecular flexibility index (Phi) is 3.28. The predicted molar refractivity (Wildman–Crippen MR) is 46.7 cm³/mol. The van der Waals surface area contributed by atoms with E-state index in [0.717, 1.165) is 25.7 Å². The molecule has 0 aromatic carbocycles. The summed E-state index contributed by atoms with van der Waals surface area (Å²) in [4.78, 5) is 21.4. The van der Waals surface area contributed by atoms with Gasteiger partial charge in [0.2, 0.25) is 5.91 Å². The van der Waals surface area contributed by atoms with E-state index in [2.05, 4.69) is 0 Å². The molecule has 0 radical (unpaired) electrons. The quantitative estimate of drug-likeness (QED) is 0.640. The second-order valence-corrected chi connectivity index (χ2v) is 3.49. The standard InChI is InChI=1S/C9H15NO3/c1-6(11)13-8-4-2-7(3-5-8)9(10)12/h7-8H,2-5H2,1H3,(H2,10,12). The summed E-state index contributed by atoms with van der Waals surface area (Å²) in [5.74, 6) is -0.504. The lowest BCUT2D eigenvalue weighted by atomic mass is 9.87. The average molecular weight is 185 g/mol. The van der Waals surface area contributed by atoms with Crippen LogP contribution in [0.3, 0.4) is 0 Å². The molecule has 1 aliphatic rings. The minimum absolute atomic E-state index is 0.00639. The molecule has 0 aromatic heterocycles. The van der Waals surface area contributed by atoms with Gasteiger partial charge in [0, 0.05) is 12.8 Å². The summed E-state index contributed by atoms with van der Waals surface area (Å²) in [6.45, 7) is 1.40. The van der Waals surface area contributed by atoms with Gasteiger partial charge in [-0.25, -0.2) is 0 Å². The molecule has 0 aromatic rings. The fourth-order valence-electron chi connectivity index (χ4n) is 1.70. The minimum Gasteiger partial charge on any atom is -0.463 e. The highest BCUT2D eigenvalue weighted by molar-refractivity contribution is 5.76. The highest BCUT2D eigenvalue weighted by atomic mass is 16.5. The van der Waals surface area contributed by atoms with Crippen molar-refractivity contribution < 1.29 is 14.3 Å². The van der Waals surface area contributed by atoms with Crippen LogP contribution in [0.25, 0.3) is 0 Å². The van der Waals surface area contributed by atoms with Gasteiger partial charge in [0.25, 0.3) is 0 Å². The lowest BCUT2D eigenvalue weighted by molar-refractivity contribution is -0.148. The van der Waals surface area contributed by atoms with Crippen molar-refractivity contribution in [3.8, 4) is 0 Å². The average Bonchev–Trinajstić information content (AvgIpc) is 2.04. The van der Waals surface area contributed by atoms with Gasteiger partial charge >= 0.3 is 5.97 Å². The number of rotatable bonds is 2. The van der Waals surface area contributed by atoms with E-state index in [1.165, 1.54) is 6.92 Å². The first-order valence-corrected chi connectivity index (χ1v) is 4.56. The molecule has 4 nitrogen and oxygen atoms in total. The van der Waals surface area contributed by atoms with Crippen molar-refractivity contribution in [2.45, 2.75) is 38.7 Å². The number of carbonyl (C=O) groups is 2. The van der Waals surface area contributed by atoms with Crippen molar-refractivity contribution in [1.82, 2.24) is 0 Å². The summed E-state index contributed by atoms with van der Waals surface area (Å²) in [6.07, 6.45) is 2.99. The summed E-state index contributed by atoms with van der Waals surface area (Å²) < 4.78 is 5.03. The molecule has 0 saturated heterocycles. The van der Waals surface area contributed by atoms with E-state index in [4.69, 9.17) is 10.5 Å². The molecule has 0 aliphatic heterocycles. The maximum atomic E-state index is 10.8. The van der Waals surface area contributed by atoms with Gasteiger partial charge in [-0.15, -0.1) is 0 Å². The molecule has 1 fully saturated rings. The van der Waals surface area contributed by atoms with Crippen LogP contribution in [0, 0.1) is 5.92 Å². The smallest absolute Gasteiger partial charge is 0.302 e. The first-order valence-electron chi connectivity index (χ1n) is 4.56. The van der Waals surface area contributed by atoms with Gasteiger partial charge in [-0.05, 0) is 25.7 Å². The lowest BCUT2D eigenvalue weighted by Crippen LogP contribution is -2.30. The third-order valence-electron chi connectivity index (χ3n) is 2.41. The molecule has 1 saturated carbocycles. The number of amides is 1. The van der Waals surface area contributed by atoms with Gasteiger partial charge in [-0.2, -0.15) is 0 Å². The maximum Gasteiger partial charge on any atom is 0.302 e. The molecule has 4 heteroatoms. The summed E-state index contributed by atoms with van der Waals surface area (Å²) in [5, 5.41) is 0.